The molecule has 1 saturated heterocycles. The summed E-state index contributed by atoms with van der Waals surface area (Å²) >= 11 is 0. The highest BCUT2D eigenvalue weighted by atomic mass is 32.2. The monoisotopic (exact) mass is 370 g/mol. The first-order valence-corrected chi connectivity index (χ1v) is 9.75. The average Bonchev–Trinajstić information content (AvgIpc) is 3.00. The number of aromatic nitrogens is 1. The lowest BCUT2D eigenvalue weighted by Gasteiger charge is -2.19. The van der Waals surface area contributed by atoms with E-state index in [1.807, 2.05) is 17.0 Å². The smallest absolute Gasteiger partial charge is 0.208 e. The number of aliphatic hydroxyl groups excluding tert-OH is 2. The molecule has 1 fully saturated rings. The van der Waals surface area contributed by atoms with Crippen LogP contribution in [-0.4, -0.2) is 48.9 Å². The highest BCUT2D eigenvalue weighted by Crippen LogP contribution is 2.30. The van der Waals surface area contributed by atoms with Gasteiger partial charge in [0, 0.05) is 24.7 Å². The fourth-order valence-electron chi connectivity index (χ4n) is 3.23. The third-order valence-electron chi connectivity index (χ3n) is 4.63. The third kappa shape index (κ3) is 2.84. The van der Waals surface area contributed by atoms with Crippen LogP contribution in [0, 0.1) is 0 Å². The standard InChI is InChI=1S/C19H18N2O4S/c22-17-11-21(12-18(17)23)16-8-4-5-13-9-15(10-20-19(13)16)26(24,25)14-6-2-1-3-7-14/h1-10,17-18,22-23H,11-12H2. The molecular formula is C19H18N2O4S. The molecule has 2 unspecified atom stereocenters. The summed E-state index contributed by atoms with van der Waals surface area (Å²) in [6, 6.07) is 15.3. The molecule has 134 valence electrons. The van der Waals surface area contributed by atoms with Crippen molar-refractivity contribution >= 4 is 26.4 Å². The first kappa shape index (κ1) is 17.0. The van der Waals surface area contributed by atoms with Crippen LogP contribution in [0.25, 0.3) is 10.9 Å². The van der Waals surface area contributed by atoms with Crippen LogP contribution < -0.4 is 4.90 Å². The van der Waals surface area contributed by atoms with Crippen LogP contribution in [0.2, 0.25) is 0 Å². The maximum absolute atomic E-state index is 12.8. The van der Waals surface area contributed by atoms with Crippen molar-refractivity contribution < 1.29 is 18.6 Å². The summed E-state index contributed by atoms with van der Waals surface area (Å²) in [5, 5.41) is 20.3. The van der Waals surface area contributed by atoms with Crippen molar-refractivity contribution in [3.63, 3.8) is 0 Å². The topological polar surface area (TPSA) is 90.7 Å². The second-order valence-electron chi connectivity index (χ2n) is 6.38. The van der Waals surface area contributed by atoms with E-state index in [9.17, 15) is 18.6 Å². The Labute approximate surface area is 151 Å². The minimum Gasteiger partial charge on any atom is -0.389 e. The molecule has 2 heterocycles. The van der Waals surface area contributed by atoms with Gasteiger partial charge < -0.3 is 15.1 Å². The highest BCUT2D eigenvalue weighted by molar-refractivity contribution is 7.91. The molecule has 1 aliphatic heterocycles. The molecule has 0 aliphatic carbocycles. The quantitative estimate of drug-likeness (QED) is 0.728. The van der Waals surface area contributed by atoms with Gasteiger partial charge in [-0.05, 0) is 24.3 Å². The molecule has 3 aromatic rings. The summed E-state index contributed by atoms with van der Waals surface area (Å²) in [4.78, 5) is 6.60. The van der Waals surface area contributed by atoms with Crippen molar-refractivity contribution in [2.45, 2.75) is 22.0 Å². The van der Waals surface area contributed by atoms with Crippen molar-refractivity contribution in [2.24, 2.45) is 0 Å². The van der Waals surface area contributed by atoms with Crippen molar-refractivity contribution in [2.75, 3.05) is 18.0 Å². The Hall–Kier alpha value is -2.48. The van der Waals surface area contributed by atoms with Crippen molar-refractivity contribution in [3.05, 3.63) is 60.8 Å². The lowest BCUT2D eigenvalue weighted by Crippen LogP contribution is -2.22. The number of sulfone groups is 1. The Morgan fingerprint density at radius 3 is 2.31 bits per heavy atom. The third-order valence-corrected chi connectivity index (χ3v) is 6.36. The molecular weight excluding hydrogens is 352 g/mol. The van der Waals surface area contributed by atoms with Crippen molar-refractivity contribution in [1.29, 1.82) is 0 Å². The number of hydrogen-bond acceptors (Lipinski definition) is 6. The number of rotatable bonds is 3. The van der Waals surface area contributed by atoms with E-state index in [-0.39, 0.29) is 9.79 Å². The molecule has 26 heavy (non-hydrogen) atoms. The van der Waals surface area contributed by atoms with E-state index in [0.29, 0.717) is 24.0 Å². The Balaban J connectivity index is 1.78. The van der Waals surface area contributed by atoms with Gasteiger partial charge in [-0.15, -0.1) is 0 Å². The lowest BCUT2D eigenvalue weighted by molar-refractivity contribution is 0.0572. The predicted molar refractivity (Wildman–Crippen MR) is 97.9 cm³/mol. The van der Waals surface area contributed by atoms with Gasteiger partial charge in [0.25, 0.3) is 0 Å². The number of para-hydroxylation sites is 1. The summed E-state index contributed by atoms with van der Waals surface area (Å²) in [6.45, 7) is 0.623. The second kappa shape index (κ2) is 6.35. The van der Waals surface area contributed by atoms with E-state index in [4.69, 9.17) is 0 Å². The maximum atomic E-state index is 12.8. The minimum atomic E-state index is -3.64. The van der Waals surface area contributed by atoms with Crippen molar-refractivity contribution in [3.8, 4) is 0 Å². The number of pyridine rings is 1. The Kier molecular flexibility index (Phi) is 4.14. The molecule has 1 aromatic heterocycles. The average molecular weight is 370 g/mol. The minimum absolute atomic E-state index is 0.134. The van der Waals surface area contributed by atoms with Gasteiger partial charge in [0.1, 0.15) is 0 Å². The van der Waals surface area contributed by atoms with Crippen LogP contribution in [0.3, 0.4) is 0 Å². The summed E-state index contributed by atoms with van der Waals surface area (Å²) in [6.07, 6.45) is -0.247. The molecule has 0 amide bonds. The van der Waals surface area contributed by atoms with Gasteiger partial charge in [0.15, 0.2) is 0 Å². The van der Waals surface area contributed by atoms with Crippen LogP contribution >= 0.6 is 0 Å². The highest BCUT2D eigenvalue weighted by Gasteiger charge is 2.30. The number of nitrogens with zero attached hydrogens (tertiary/aromatic N) is 2. The SMILES string of the molecule is O=S(=O)(c1ccccc1)c1cnc2c(N3CC(O)C(O)C3)cccc2c1. The van der Waals surface area contributed by atoms with Gasteiger partial charge in [-0.25, -0.2) is 8.42 Å². The lowest BCUT2D eigenvalue weighted by atomic mass is 10.2. The normalized spacial score (nSPS) is 20.6. The molecule has 7 heteroatoms. The first-order valence-electron chi connectivity index (χ1n) is 8.27. The molecule has 2 N–H and O–H groups in total. The van der Waals surface area contributed by atoms with Crippen LogP contribution in [0.5, 0.6) is 0 Å². The van der Waals surface area contributed by atoms with E-state index in [1.165, 1.54) is 6.20 Å². The van der Waals surface area contributed by atoms with Crippen LogP contribution in [-0.2, 0) is 9.84 Å². The van der Waals surface area contributed by atoms with Gasteiger partial charge in [-0.1, -0.05) is 30.3 Å². The number of aliphatic hydroxyl groups is 2. The fraction of sp³-hybridized carbons (Fsp3) is 0.211. The summed E-state index contributed by atoms with van der Waals surface area (Å²) in [5.41, 5.74) is 1.41. The molecule has 0 saturated carbocycles. The van der Waals surface area contributed by atoms with E-state index in [2.05, 4.69) is 4.98 Å². The zero-order valence-corrected chi connectivity index (χ0v) is 14.7. The zero-order chi connectivity index (χ0) is 18.3. The van der Waals surface area contributed by atoms with Crippen LogP contribution in [0.15, 0.2) is 70.6 Å². The van der Waals surface area contributed by atoms with Gasteiger partial charge >= 0.3 is 0 Å². The number of benzene rings is 2. The Morgan fingerprint density at radius 2 is 1.62 bits per heavy atom. The van der Waals surface area contributed by atoms with Crippen LogP contribution in [0.1, 0.15) is 0 Å². The molecule has 2 atom stereocenters. The van der Waals surface area contributed by atoms with E-state index < -0.39 is 22.0 Å². The largest absolute Gasteiger partial charge is 0.389 e. The summed E-state index contributed by atoms with van der Waals surface area (Å²) < 4.78 is 25.6. The first-order chi connectivity index (χ1) is 12.5. The van der Waals surface area contributed by atoms with Gasteiger partial charge in [-0.2, -0.15) is 0 Å². The fourth-order valence-corrected chi connectivity index (χ4v) is 4.49. The molecule has 0 spiro atoms. The molecule has 1 aliphatic rings. The molecule has 4 rings (SSSR count). The maximum Gasteiger partial charge on any atom is 0.208 e. The number of hydrogen-bond donors (Lipinski definition) is 2. The molecule has 6 nitrogen and oxygen atoms in total. The molecule has 2 aromatic carbocycles. The number of β-amino-alcohol motifs (C(OH)–C–C–N with tert-alkyl or cyclic N) is 2. The van der Waals surface area contributed by atoms with E-state index >= 15 is 0 Å². The van der Waals surface area contributed by atoms with Crippen molar-refractivity contribution in [1.82, 2.24) is 4.98 Å². The summed E-state index contributed by atoms with van der Waals surface area (Å²) in [7, 11) is -3.64. The Bertz CT molecular complexity index is 1040. The van der Waals surface area contributed by atoms with Crippen LogP contribution in [0.4, 0.5) is 5.69 Å². The van der Waals surface area contributed by atoms with E-state index in [1.54, 1.807) is 42.5 Å². The zero-order valence-electron chi connectivity index (χ0n) is 13.9. The second-order valence-corrected chi connectivity index (χ2v) is 8.33. The van der Waals surface area contributed by atoms with Gasteiger partial charge in [0.05, 0.1) is 33.2 Å². The Morgan fingerprint density at radius 1 is 0.923 bits per heavy atom. The molecule has 0 bridgehead atoms. The summed E-state index contributed by atoms with van der Waals surface area (Å²) in [5.74, 6) is 0. The molecule has 0 radical (unpaired) electrons. The van der Waals surface area contributed by atoms with E-state index in [0.717, 1.165) is 5.69 Å². The number of fused-ring (bicyclic) bond motifs is 1. The van der Waals surface area contributed by atoms with Gasteiger partial charge in [-0.3, -0.25) is 4.98 Å². The predicted octanol–water partition coefficient (Wildman–Crippen LogP) is 1.61. The number of anilines is 1. The van der Waals surface area contributed by atoms with Gasteiger partial charge in [0.2, 0.25) is 9.84 Å².